The summed E-state index contributed by atoms with van der Waals surface area (Å²) in [5.41, 5.74) is 1.12. The number of likely N-dealkylation sites (N-methyl/N-ethyl adjacent to an activating group) is 1. The molecule has 6 nitrogen and oxygen atoms in total. The Hall–Kier alpha value is -1.80. The number of anilines is 1. The number of piperazine rings is 1. The molecule has 1 heterocycles. The third kappa shape index (κ3) is 5.09. The molecule has 2 aromatic rings. The summed E-state index contributed by atoms with van der Waals surface area (Å²) in [5.74, 6) is -0.266. The minimum atomic E-state index is -4.03. The predicted octanol–water partition coefficient (Wildman–Crippen LogP) is 3.66. The first-order valence-corrected chi connectivity index (χ1v) is 12.0. The minimum Gasteiger partial charge on any atom is -0.339 e. The Morgan fingerprint density at radius 2 is 1.67 bits per heavy atom. The van der Waals surface area contributed by atoms with Crippen LogP contribution >= 0.6 is 23.2 Å². The second-order valence-electron chi connectivity index (χ2n) is 7.24. The highest BCUT2D eigenvalue weighted by Crippen LogP contribution is 2.33. The number of amides is 1. The molecule has 1 aliphatic heterocycles. The van der Waals surface area contributed by atoms with Gasteiger partial charge in [-0.15, -0.1) is 0 Å². The van der Waals surface area contributed by atoms with Gasteiger partial charge in [-0.25, -0.2) is 8.42 Å². The molecule has 9 heteroatoms. The highest BCUT2D eigenvalue weighted by molar-refractivity contribution is 7.92. The summed E-state index contributed by atoms with van der Waals surface area (Å²) < 4.78 is 28.0. The topological polar surface area (TPSA) is 60.9 Å². The van der Waals surface area contributed by atoms with E-state index in [1.54, 1.807) is 23.1 Å². The summed E-state index contributed by atoms with van der Waals surface area (Å²) in [4.78, 5) is 17.1. The Morgan fingerprint density at radius 1 is 1.03 bits per heavy atom. The summed E-state index contributed by atoms with van der Waals surface area (Å²) >= 11 is 12.4. The van der Waals surface area contributed by atoms with Crippen LogP contribution in [0.25, 0.3) is 0 Å². The van der Waals surface area contributed by atoms with E-state index in [-0.39, 0.29) is 28.1 Å². The number of carbonyl (C=O) groups excluding carboxylic acids is 1. The molecular formula is C21H25Cl2N3O3S. The number of benzene rings is 2. The van der Waals surface area contributed by atoms with Crippen LogP contribution in [-0.2, 0) is 14.8 Å². The number of sulfonamides is 1. The van der Waals surface area contributed by atoms with E-state index < -0.39 is 10.0 Å². The van der Waals surface area contributed by atoms with Gasteiger partial charge in [-0.3, -0.25) is 9.10 Å². The third-order valence-corrected chi connectivity index (χ3v) is 7.57. The SMILES string of the molecule is CCN1CCN(C(=O)CN(c2cc(Cl)ccc2Cl)S(=O)(=O)c2ccc(C)cc2)CC1. The quantitative estimate of drug-likeness (QED) is 0.647. The summed E-state index contributed by atoms with van der Waals surface area (Å²) in [6.45, 7) is 7.20. The lowest BCUT2D eigenvalue weighted by Gasteiger charge is -2.35. The smallest absolute Gasteiger partial charge is 0.264 e. The van der Waals surface area contributed by atoms with Crippen LogP contribution in [0.4, 0.5) is 5.69 Å². The summed E-state index contributed by atoms with van der Waals surface area (Å²) in [6, 6.07) is 11.1. The Morgan fingerprint density at radius 3 is 2.27 bits per heavy atom. The molecular weight excluding hydrogens is 445 g/mol. The van der Waals surface area contributed by atoms with E-state index in [1.807, 2.05) is 6.92 Å². The number of rotatable bonds is 6. The van der Waals surface area contributed by atoms with Gasteiger partial charge in [0, 0.05) is 31.2 Å². The van der Waals surface area contributed by atoms with Crippen molar-refractivity contribution in [1.29, 1.82) is 0 Å². The summed E-state index contributed by atoms with van der Waals surface area (Å²) in [6.07, 6.45) is 0. The number of hydrogen-bond acceptors (Lipinski definition) is 4. The molecule has 0 N–H and O–H groups in total. The fraction of sp³-hybridized carbons (Fsp3) is 0.381. The van der Waals surface area contributed by atoms with Crippen molar-refractivity contribution in [2.75, 3.05) is 43.6 Å². The maximum atomic E-state index is 13.5. The molecule has 0 bridgehead atoms. The molecule has 162 valence electrons. The molecule has 1 saturated heterocycles. The van der Waals surface area contributed by atoms with Gasteiger partial charge in [0.15, 0.2) is 0 Å². The van der Waals surface area contributed by atoms with Crippen molar-refractivity contribution in [3.63, 3.8) is 0 Å². The van der Waals surface area contributed by atoms with Crippen molar-refractivity contribution < 1.29 is 13.2 Å². The zero-order chi connectivity index (χ0) is 21.9. The van der Waals surface area contributed by atoms with E-state index in [1.165, 1.54) is 24.3 Å². The Bertz CT molecular complexity index is 1000. The Balaban J connectivity index is 1.95. The van der Waals surface area contributed by atoms with E-state index in [0.29, 0.717) is 18.1 Å². The van der Waals surface area contributed by atoms with E-state index in [2.05, 4.69) is 11.8 Å². The normalized spacial score (nSPS) is 15.3. The second kappa shape index (κ2) is 9.56. The maximum absolute atomic E-state index is 13.5. The zero-order valence-electron chi connectivity index (χ0n) is 17.0. The first-order valence-electron chi connectivity index (χ1n) is 9.77. The van der Waals surface area contributed by atoms with Crippen LogP contribution in [0.1, 0.15) is 12.5 Å². The van der Waals surface area contributed by atoms with Crippen LogP contribution in [0, 0.1) is 6.92 Å². The average molecular weight is 470 g/mol. The molecule has 0 aliphatic carbocycles. The Kier molecular flexibility index (Phi) is 7.29. The maximum Gasteiger partial charge on any atom is 0.264 e. The van der Waals surface area contributed by atoms with Crippen LogP contribution in [0.5, 0.6) is 0 Å². The number of halogens is 2. The van der Waals surface area contributed by atoms with Gasteiger partial charge >= 0.3 is 0 Å². The summed E-state index contributed by atoms with van der Waals surface area (Å²) in [5, 5.41) is 0.543. The van der Waals surface area contributed by atoms with Gasteiger partial charge < -0.3 is 9.80 Å². The van der Waals surface area contributed by atoms with Gasteiger partial charge in [-0.1, -0.05) is 47.8 Å². The molecule has 1 amide bonds. The molecule has 0 aromatic heterocycles. The lowest BCUT2D eigenvalue weighted by molar-refractivity contribution is -0.131. The fourth-order valence-corrected chi connectivity index (χ4v) is 5.21. The van der Waals surface area contributed by atoms with Crippen LogP contribution in [0.2, 0.25) is 10.0 Å². The van der Waals surface area contributed by atoms with Crippen LogP contribution in [0.15, 0.2) is 47.4 Å². The van der Waals surface area contributed by atoms with Crippen molar-refractivity contribution in [3.05, 3.63) is 58.1 Å². The third-order valence-electron chi connectivity index (χ3n) is 5.24. The minimum absolute atomic E-state index is 0.0905. The van der Waals surface area contributed by atoms with Gasteiger partial charge in [-0.2, -0.15) is 0 Å². The lowest BCUT2D eigenvalue weighted by Crippen LogP contribution is -2.51. The van der Waals surface area contributed by atoms with Gasteiger partial charge in [0.05, 0.1) is 15.6 Å². The fourth-order valence-electron chi connectivity index (χ4n) is 3.35. The monoisotopic (exact) mass is 469 g/mol. The second-order valence-corrected chi connectivity index (χ2v) is 9.94. The van der Waals surface area contributed by atoms with E-state index in [9.17, 15) is 13.2 Å². The Labute approximate surface area is 188 Å². The molecule has 0 radical (unpaired) electrons. The molecule has 0 spiro atoms. The van der Waals surface area contributed by atoms with Gasteiger partial charge in [0.25, 0.3) is 10.0 Å². The zero-order valence-corrected chi connectivity index (χ0v) is 19.3. The molecule has 1 aliphatic rings. The van der Waals surface area contributed by atoms with Crippen molar-refractivity contribution >= 4 is 44.8 Å². The highest BCUT2D eigenvalue weighted by Gasteiger charge is 2.31. The standard InChI is InChI=1S/C21H25Cl2N3O3S/c1-3-24-10-12-25(13-11-24)21(27)15-26(20-14-17(22)6-9-19(20)23)30(28,29)18-7-4-16(2)5-8-18/h4-9,14H,3,10-13,15H2,1-2H3. The molecule has 0 saturated carbocycles. The van der Waals surface area contributed by atoms with Crippen molar-refractivity contribution in [2.45, 2.75) is 18.7 Å². The van der Waals surface area contributed by atoms with Crippen molar-refractivity contribution in [2.24, 2.45) is 0 Å². The van der Waals surface area contributed by atoms with Crippen molar-refractivity contribution in [3.8, 4) is 0 Å². The molecule has 3 rings (SSSR count). The van der Waals surface area contributed by atoms with Crippen molar-refractivity contribution in [1.82, 2.24) is 9.80 Å². The molecule has 0 atom stereocenters. The number of nitrogens with zero attached hydrogens (tertiary/aromatic N) is 3. The molecule has 30 heavy (non-hydrogen) atoms. The number of carbonyl (C=O) groups is 1. The van der Waals surface area contributed by atoms with E-state index >= 15 is 0 Å². The average Bonchev–Trinajstić information content (AvgIpc) is 2.74. The van der Waals surface area contributed by atoms with E-state index in [4.69, 9.17) is 23.2 Å². The summed E-state index contributed by atoms with van der Waals surface area (Å²) in [7, 11) is -4.03. The number of aryl methyl sites for hydroxylation is 1. The molecule has 0 unspecified atom stereocenters. The van der Waals surface area contributed by atoms with Gasteiger partial charge in [0.1, 0.15) is 6.54 Å². The first-order chi connectivity index (χ1) is 14.2. The number of hydrogen-bond donors (Lipinski definition) is 0. The van der Waals surface area contributed by atoms with Crippen LogP contribution in [0.3, 0.4) is 0 Å². The van der Waals surface area contributed by atoms with Crippen LogP contribution < -0.4 is 4.31 Å². The van der Waals surface area contributed by atoms with Crippen LogP contribution in [-0.4, -0.2) is 63.4 Å². The molecule has 2 aromatic carbocycles. The molecule has 1 fully saturated rings. The van der Waals surface area contributed by atoms with E-state index in [0.717, 1.165) is 29.5 Å². The van der Waals surface area contributed by atoms with Gasteiger partial charge in [0.2, 0.25) is 5.91 Å². The van der Waals surface area contributed by atoms with Gasteiger partial charge in [-0.05, 0) is 43.8 Å². The highest BCUT2D eigenvalue weighted by atomic mass is 35.5. The predicted molar refractivity (Wildman–Crippen MR) is 121 cm³/mol. The first kappa shape index (κ1) is 22.9. The lowest BCUT2D eigenvalue weighted by atomic mass is 10.2. The largest absolute Gasteiger partial charge is 0.339 e.